The van der Waals surface area contributed by atoms with Crippen molar-refractivity contribution in [2.24, 2.45) is 0 Å². The number of carbonyl (C=O) groups is 2. The smallest absolute Gasteiger partial charge is 0.253 e. The maximum Gasteiger partial charge on any atom is 0.253 e. The van der Waals surface area contributed by atoms with Crippen LogP contribution in [0, 0.1) is 0 Å². The Kier molecular flexibility index (Phi) is 5.17. The number of benzene rings is 1. The molecule has 6 nitrogen and oxygen atoms in total. The zero-order valence-electron chi connectivity index (χ0n) is 11.4. The maximum atomic E-state index is 11.9. The van der Waals surface area contributed by atoms with E-state index in [1.165, 1.54) is 0 Å². The fraction of sp³-hybridized carbons (Fsp3) is 0.385. The molecule has 0 saturated carbocycles. The zero-order valence-corrected chi connectivity index (χ0v) is 11.4. The van der Waals surface area contributed by atoms with Crippen LogP contribution in [0.4, 0.5) is 11.4 Å². The van der Waals surface area contributed by atoms with Crippen molar-refractivity contribution < 1.29 is 9.59 Å². The molecule has 1 unspecified atom stereocenters. The van der Waals surface area contributed by atoms with Gasteiger partial charge < -0.3 is 21.7 Å². The monoisotopic (exact) mass is 264 g/mol. The number of hydrogen-bond acceptors (Lipinski definition) is 4. The van der Waals surface area contributed by atoms with Gasteiger partial charge in [0.1, 0.15) is 6.04 Å². The number of rotatable bonds is 5. The van der Waals surface area contributed by atoms with Gasteiger partial charge in [-0.15, -0.1) is 0 Å². The van der Waals surface area contributed by atoms with Gasteiger partial charge in [-0.3, -0.25) is 9.59 Å². The summed E-state index contributed by atoms with van der Waals surface area (Å²) in [5, 5.41) is 8.25. The van der Waals surface area contributed by atoms with E-state index in [1.807, 2.05) is 6.92 Å². The molecule has 0 heterocycles. The van der Waals surface area contributed by atoms with E-state index >= 15 is 0 Å². The normalized spacial score (nSPS) is 11.5. The van der Waals surface area contributed by atoms with Gasteiger partial charge in [0.25, 0.3) is 5.91 Å². The van der Waals surface area contributed by atoms with Gasteiger partial charge in [-0.1, -0.05) is 0 Å². The first-order valence-corrected chi connectivity index (χ1v) is 6.15. The number of hydrogen-bond donors (Lipinski definition) is 4. The Balaban J connectivity index is 3.00. The molecular weight excluding hydrogens is 244 g/mol. The lowest BCUT2D eigenvalue weighted by Gasteiger charge is -2.17. The molecule has 0 aliphatic carbocycles. The Morgan fingerprint density at radius 3 is 2.63 bits per heavy atom. The van der Waals surface area contributed by atoms with Crippen LogP contribution < -0.4 is 21.7 Å². The third-order valence-corrected chi connectivity index (χ3v) is 2.64. The van der Waals surface area contributed by atoms with Crippen LogP contribution in [-0.4, -0.2) is 31.4 Å². The van der Waals surface area contributed by atoms with Crippen molar-refractivity contribution >= 4 is 23.2 Å². The lowest BCUT2D eigenvalue weighted by molar-refractivity contribution is -0.121. The fourth-order valence-corrected chi connectivity index (χ4v) is 1.65. The van der Waals surface area contributed by atoms with Crippen molar-refractivity contribution in [3.8, 4) is 0 Å². The van der Waals surface area contributed by atoms with Crippen molar-refractivity contribution in [1.82, 2.24) is 10.6 Å². The van der Waals surface area contributed by atoms with Gasteiger partial charge in [0, 0.05) is 25.0 Å². The minimum absolute atomic E-state index is 0.163. The standard InChI is InChI=1S/C13H20N4O2/c1-4-16-13(19)10-6-5-9(14)7-11(10)17-8(2)12(18)15-3/h5-8,17H,4,14H2,1-3H3,(H,15,18)(H,16,19). The summed E-state index contributed by atoms with van der Waals surface area (Å²) in [7, 11) is 1.56. The van der Waals surface area contributed by atoms with E-state index in [9.17, 15) is 9.59 Å². The number of amides is 2. The van der Waals surface area contributed by atoms with Crippen LogP contribution in [0.1, 0.15) is 24.2 Å². The van der Waals surface area contributed by atoms with Gasteiger partial charge in [0.05, 0.1) is 5.56 Å². The van der Waals surface area contributed by atoms with Gasteiger partial charge in [0.15, 0.2) is 0 Å². The molecule has 2 amide bonds. The summed E-state index contributed by atoms with van der Waals surface area (Å²) in [6.45, 7) is 4.09. The Hall–Kier alpha value is -2.24. The Labute approximate surface area is 112 Å². The number of carbonyl (C=O) groups excluding carboxylic acids is 2. The second-order valence-electron chi connectivity index (χ2n) is 4.14. The molecule has 1 aromatic rings. The van der Waals surface area contributed by atoms with E-state index in [4.69, 9.17) is 5.73 Å². The minimum Gasteiger partial charge on any atom is -0.399 e. The molecule has 5 N–H and O–H groups in total. The van der Waals surface area contributed by atoms with E-state index in [0.717, 1.165) is 0 Å². The molecular formula is C13H20N4O2. The van der Waals surface area contributed by atoms with E-state index < -0.39 is 6.04 Å². The quantitative estimate of drug-likeness (QED) is 0.584. The summed E-state index contributed by atoms with van der Waals surface area (Å²) in [5.74, 6) is -0.363. The molecule has 6 heteroatoms. The van der Waals surface area contributed by atoms with Crippen LogP contribution in [0.15, 0.2) is 18.2 Å². The van der Waals surface area contributed by atoms with Crippen LogP contribution in [0.25, 0.3) is 0 Å². The summed E-state index contributed by atoms with van der Waals surface area (Å²) >= 11 is 0. The molecule has 0 saturated heterocycles. The van der Waals surface area contributed by atoms with Crippen molar-refractivity contribution in [3.05, 3.63) is 23.8 Å². The highest BCUT2D eigenvalue weighted by Gasteiger charge is 2.16. The molecule has 0 radical (unpaired) electrons. The molecule has 0 aliphatic rings. The molecule has 0 bridgehead atoms. The summed E-state index contributed by atoms with van der Waals surface area (Å²) in [5.41, 5.74) is 7.25. The molecule has 19 heavy (non-hydrogen) atoms. The number of nitrogens with two attached hydrogens (primary N) is 1. The summed E-state index contributed by atoms with van der Waals surface area (Å²) < 4.78 is 0. The lowest BCUT2D eigenvalue weighted by Crippen LogP contribution is -2.36. The summed E-state index contributed by atoms with van der Waals surface area (Å²) in [4.78, 5) is 23.4. The highest BCUT2D eigenvalue weighted by atomic mass is 16.2. The molecule has 1 aromatic carbocycles. The van der Waals surface area contributed by atoms with Crippen molar-refractivity contribution in [1.29, 1.82) is 0 Å². The topological polar surface area (TPSA) is 96.2 Å². The van der Waals surface area contributed by atoms with Crippen LogP contribution >= 0.6 is 0 Å². The van der Waals surface area contributed by atoms with Gasteiger partial charge in [0.2, 0.25) is 5.91 Å². The van der Waals surface area contributed by atoms with Gasteiger partial charge >= 0.3 is 0 Å². The SMILES string of the molecule is CCNC(=O)c1ccc(N)cc1NC(C)C(=O)NC. The number of anilines is 2. The predicted octanol–water partition coefficient (Wildman–Crippen LogP) is 0.565. The van der Waals surface area contributed by atoms with E-state index in [2.05, 4.69) is 16.0 Å². The molecule has 0 fully saturated rings. The fourth-order valence-electron chi connectivity index (χ4n) is 1.65. The van der Waals surface area contributed by atoms with Crippen molar-refractivity contribution in [3.63, 3.8) is 0 Å². The molecule has 1 rings (SSSR count). The first-order valence-electron chi connectivity index (χ1n) is 6.15. The largest absolute Gasteiger partial charge is 0.399 e. The first kappa shape index (κ1) is 14.8. The zero-order chi connectivity index (χ0) is 14.4. The van der Waals surface area contributed by atoms with E-state index in [0.29, 0.717) is 23.5 Å². The second-order valence-corrected chi connectivity index (χ2v) is 4.14. The summed E-state index contributed by atoms with van der Waals surface area (Å²) in [6, 6.07) is 4.48. The highest BCUT2D eigenvalue weighted by Crippen LogP contribution is 2.20. The van der Waals surface area contributed by atoms with Gasteiger partial charge in [-0.05, 0) is 32.0 Å². The molecule has 0 spiro atoms. The first-order chi connectivity index (χ1) is 8.99. The van der Waals surface area contributed by atoms with E-state index in [-0.39, 0.29) is 11.8 Å². The third kappa shape index (κ3) is 3.87. The predicted molar refractivity (Wildman–Crippen MR) is 76.0 cm³/mol. The molecule has 1 atom stereocenters. The van der Waals surface area contributed by atoms with Crippen LogP contribution in [0.2, 0.25) is 0 Å². The average Bonchev–Trinajstić information content (AvgIpc) is 2.38. The highest BCUT2D eigenvalue weighted by molar-refractivity contribution is 6.01. The number of likely N-dealkylation sites (N-methyl/N-ethyl adjacent to an activating group) is 1. The average molecular weight is 264 g/mol. The van der Waals surface area contributed by atoms with Crippen molar-refractivity contribution in [2.75, 3.05) is 24.6 Å². The molecule has 104 valence electrons. The minimum atomic E-state index is -0.458. The van der Waals surface area contributed by atoms with Crippen LogP contribution in [0.3, 0.4) is 0 Å². The van der Waals surface area contributed by atoms with Crippen molar-refractivity contribution in [2.45, 2.75) is 19.9 Å². The molecule has 0 aromatic heterocycles. The number of nitrogen functional groups attached to an aromatic ring is 1. The van der Waals surface area contributed by atoms with Gasteiger partial charge in [-0.2, -0.15) is 0 Å². The maximum absolute atomic E-state index is 11.9. The summed E-state index contributed by atoms with van der Waals surface area (Å²) in [6.07, 6.45) is 0. The Bertz CT molecular complexity index is 474. The van der Waals surface area contributed by atoms with Gasteiger partial charge in [-0.25, -0.2) is 0 Å². The Morgan fingerprint density at radius 1 is 1.37 bits per heavy atom. The van der Waals surface area contributed by atoms with E-state index in [1.54, 1.807) is 32.2 Å². The lowest BCUT2D eigenvalue weighted by atomic mass is 10.1. The Morgan fingerprint density at radius 2 is 2.05 bits per heavy atom. The van der Waals surface area contributed by atoms with Crippen LogP contribution in [-0.2, 0) is 4.79 Å². The molecule has 0 aliphatic heterocycles. The number of nitrogens with one attached hydrogen (secondary N) is 3. The second kappa shape index (κ2) is 6.63. The van der Waals surface area contributed by atoms with Crippen LogP contribution in [0.5, 0.6) is 0 Å². The third-order valence-electron chi connectivity index (χ3n) is 2.64.